The van der Waals surface area contributed by atoms with Crippen LogP contribution in [-0.4, -0.2) is 14.2 Å². The summed E-state index contributed by atoms with van der Waals surface area (Å²) < 4.78 is 11.4. The number of aryl methyl sites for hydroxylation is 2. The molecule has 84 heavy (non-hydrogen) atoms. The summed E-state index contributed by atoms with van der Waals surface area (Å²) in [6, 6.07) is 78.0. The van der Waals surface area contributed by atoms with Crippen LogP contribution in [0.15, 0.2) is 206 Å². The fraction of sp³-hybridized carbons (Fsp3) is 0.0732. The number of rotatable bonds is 6. The minimum atomic E-state index is 0.849. The smallest absolute Gasteiger partial charge is 0.118 e. The molecule has 0 bridgehead atoms. The highest BCUT2D eigenvalue weighted by Gasteiger charge is 2.34. The molecule has 0 N–H and O–H groups in total. The molecule has 0 atom stereocenters. The van der Waals surface area contributed by atoms with Crippen molar-refractivity contribution in [3.8, 4) is 78.3 Å². The lowest BCUT2D eigenvalue weighted by atomic mass is 9.82. The number of hydrogen-bond donors (Lipinski definition) is 0. The Labute approximate surface area is 484 Å². The third-order valence-corrected chi connectivity index (χ3v) is 20.4. The molecule has 0 amide bonds. The van der Waals surface area contributed by atoms with Crippen LogP contribution in [0.2, 0.25) is 0 Å². The topological polar surface area (TPSA) is 18.5 Å². The number of benzene rings is 15. The van der Waals surface area contributed by atoms with Crippen LogP contribution < -0.4 is 9.47 Å². The van der Waals surface area contributed by atoms with Gasteiger partial charge < -0.3 is 9.47 Å². The SMILES string of the molecule is COc1ccc(-c2c3c(c(-c4ccc(OC)cc4)c4ccccc24)-c2ccc4c5c(C)c6c7ccc8c9ccc%10c%11c(ccc(c%12ccc(c6c(C)c5c5ccc-3c2c54)c7c%128)c%119)=c2c(-c3ccccc3)c(C)c(C)c(-c3ccccc3)c2=%10)cc1. The first-order chi connectivity index (χ1) is 41.3. The highest BCUT2D eigenvalue weighted by atomic mass is 16.5. The highest BCUT2D eigenvalue weighted by Crippen LogP contribution is 2.61. The van der Waals surface area contributed by atoms with Crippen LogP contribution >= 0.6 is 0 Å². The van der Waals surface area contributed by atoms with Crippen LogP contribution in [0.3, 0.4) is 0 Å². The number of ether oxygens (including phenoxy) is 2. The maximum atomic E-state index is 5.71. The molecule has 0 heterocycles. The summed E-state index contributed by atoms with van der Waals surface area (Å²) in [5, 5.41) is 32.3. The van der Waals surface area contributed by atoms with Gasteiger partial charge in [0.25, 0.3) is 0 Å². The molecule has 0 aromatic heterocycles. The first-order valence-corrected chi connectivity index (χ1v) is 29.5. The summed E-state index contributed by atoms with van der Waals surface area (Å²) in [5.41, 5.74) is 20.6. The Balaban J connectivity index is 0.891. The average Bonchev–Trinajstić information content (AvgIpc) is 1.55. The predicted octanol–water partition coefficient (Wildman–Crippen LogP) is 22.0. The molecule has 19 rings (SSSR count). The Bertz CT molecular complexity index is 5680. The van der Waals surface area contributed by atoms with E-state index in [1.165, 1.54) is 218 Å². The maximum absolute atomic E-state index is 5.71. The van der Waals surface area contributed by atoms with E-state index < -0.39 is 0 Å². The van der Waals surface area contributed by atoms with Gasteiger partial charge in [-0.25, -0.2) is 0 Å². The Morgan fingerprint density at radius 2 is 0.536 bits per heavy atom. The van der Waals surface area contributed by atoms with Crippen LogP contribution in [0.1, 0.15) is 22.3 Å². The van der Waals surface area contributed by atoms with E-state index in [0.29, 0.717) is 0 Å². The van der Waals surface area contributed by atoms with Gasteiger partial charge in [0.15, 0.2) is 0 Å². The average molecular weight is 1070 g/mol. The van der Waals surface area contributed by atoms with Gasteiger partial charge in [-0.2, -0.15) is 0 Å². The quantitative estimate of drug-likeness (QED) is 0.122. The fourth-order valence-corrected chi connectivity index (χ4v) is 17.0. The van der Waals surface area contributed by atoms with E-state index in [4.69, 9.17) is 9.47 Å². The van der Waals surface area contributed by atoms with Gasteiger partial charge in [0.2, 0.25) is 0 Å². The van der Waals surface area contributed by atoms with Gasteiger partial charge in [-0.05, 0) is 270 Å². The van der Waals surface area contributed by atoms with Crippen LogP contribution in [-0.2, 0) is 0 Å². The Morgan fingerprint density at radius 3 is 0.940 bits per heavy atom. The Kier molecular flexibility index (Phi) is 8.96. The van der Waals surface area contributed by atoms with Crippen LogP contribution in [0.5, 0.6) is 11.5 Å². The zero-order valence-corrected chi connectivity index (χ0v) is 47.4. The lowest BCUT2D eigenvalue weighted by Gasteiger charge is -2.20. The van der Waals surface area contributed by atoms with Gasteiger partial charge in [0.1, 0.15) is 11.5 Å². The highest BCUT2D eigenvalue weighted by molar-refractivity contribution is 6.46. The summed E-state index contributed by atoms with van der Waals surface area (Å²) in [5.74, 6) is 1.70. The molecule has 0 aliphatic heterocycles. The molecule has 2 heteroatoms. The standard InChI is InChI=1S/C82H52O2/c1-41-42(2)66(46-17-11-8-12-18-46)80-62-36-32-56-54-30-34-58-68-44(4)70-60-38-40-64-78-63(81-71(47-21-25-49(83-5)26-22-47)51-19-13-14-20-52(51)72(82(64)81)48-23-27-50(84-6)28-24-48)39-37-59(76(60)78)69(70)43(3)67(68)57-33-29-53(73(54)75(57)58)55-31-35-61(77(62)74(55)56)79(80)65(41)45-15-9-7-10-16-45/h7-40H,1-6H3. The normalized spacial score (nSPS) is 12.6. The molecule has 2 nitrogen and oxygen atoms in total. The molecule has 0 saturated heterocycles. The summed E-state index contributed by atoms with van der Waals surface area (Å²) in [6.45, 7) is 9.49. The molecule has 17 aromatic carbocycles. The molecule has 0 spiro atoms. The molecule has 0 fully saturated rings. The zero-order chi connectivity index (χ0) is 55.7. The van der Waals surface area contributed by atoms with E-state index in [0.717, 1.165) is 11.5 Å². The van der Waals surface area contributed by atoms with E-state index in [9.17, 15) is 0 Å². The van der Waals surface area contributed by atoms with Crippen molar-refractivity contribution in [3.05, 3.63) is 249 Å². The predicted molar refractivity (Wildman–Crippen MR) is 355 cm³/mol. The third kappa shape index (κ3) is 5.53. The van der Waals surface area contributed by atoms with Gasteiger partial charge in [0.05, 0.1) is 14.2 Å². The van der Waals surface area contributed by atoms with E-state index in [2.05, 4.69) is 234 Å². The number of fused-ring (bicyclic) bond motifs is 13. The van der Waals surface area contributed by atoms with E-state index in [1.807, 2.05) is 0 Å². The minimum absolute atomic E-state index is 0.849. The van der Waals surface area contributed by atoms with Crippen molar-refractivity contribution in [1.29, 1.82) is 0 Å². The van der Waals surface area contributed by atoms with Crippen molar-refractivity contribution in [3.63, 3.8) is 0 Å². The number of hydrogen-bond acceptors (Lipinski definition) is 2. The van der Waals surface area contributed by atoms with Gasteiger partial charge in [-0.15, -0.1) is 0 Å². The first-order valence-electron chi connectivity index (χ1n) is 29.5. The molecule has 0 unspecified atom stereocenters. The molecule has 17 aromatic rings. The monoisotopic (exact) mass is 1070 g/mol. The lowest BCUT2D eigenvalue weighted by Crippen LogP contribution is -1.97. The Morgan fingerprint density at radius 1 is 0.214 bits per heavy atom. The first kappa shape index (κ1) is 46.3. The van der Waals surface area contributed by atoms with Crippen molar-refractivity contribution in [2.24, 2.45) is 0 Å². The van der Waals surface area contributed by atoms with Crippen molar-refractivity contribution >= 4 is 108 Å². The molecular formula is C82H52O2. The lowest BCUT2D eigenvalue weighted by molar-refractivity contribution is 0.415. The summed E-state index contributed by atoms with van der Waals surface area (Å²) in [4.78, 5) is 0. The Hall–Kier alpha value is -10.3. The second-order valence-electron chi connectivity index (χ2n) is 23.9. The molecule has 2 aliphatic rings. The second kappa shape index (κ2) is 16.2. The summed E-state index contributed by atoms with van der Waals surface area (Å²) in [6.07, 6.45) is 0. The fourth-order valence-electron chi connectivity index (χ4n) is 17.0. The third-order valence-electron chi connectivity index (χ3n) is 20.4. The zero-order valence-electron chi connectivity index (χ0n) is 47.4. The van der Waals surface area contributed by atoms with Crippen molar-refractivity contribution in [2.75, 3.05) is 14.2 Å². The molecule has 2 aliphatic carbocycles. The van der Waals surface area contributed by atoms with E-state index in [-0.39, 0.29) is 0 Å². The largest absolute Gasteiger partial charge is 0.497 e. The van der Waals surface area contributed by atoms with E-state index >= 15 is 0 Å². The van der Waals surface area contributed by atoms with Crippen molar-refractivity contribution < 1.29 is 9.47 Å². The van der Waals surface area contributed by atoms with Gasteiger partial charge in [0, 0.05) is 0 Å². The van der Waals surface area contributed by atoms with Gasteiger partial charge in [-0.1, -0.05) is 182 Å². The molecule has 0 saturated carbocycles. The van der Waals surface area contributed by atoms with Crippen LogP contribution in [0.4, 0.5) is 0 Å². The number of methoxy groups -OCH3 is 2. The molecule has 392 valence electrons. The van der Waals surface area contributed by atoms with Crippen LogP contribution in [0, 0.1) is 48.6 Å². The summed E-state index contributed by atoms with van der Waals surface area (Å²) >= 11 is 0. The summed E-state index contributed by atoms with van der Waals surface area (Å²) in [7, 11) is 3.48. The minimum Gasteiger partial charge on any atom is -0.497 e. The van der Waals surface area contributed by atoms with Gasteiger partial charge in [-0.3, -0.25) is 0 Å². The van der Waals surface area contributed by atoms with Crippen molar-refractivity contribution in [1.82, 2.24) is 0 Å². The maximum Gasteiger partial charge on any atom is 0.118 e. The van der Waals surface area contributed by atoms with Crippen LogP contribution in [0.25, 0.3) is 174 Å². The van der Waals surface area contributed by atoms with Gasteiger partial charge >= 0.3 is 0 Å². The van der Waals surface area contributed by atoms with Crippen molar-refractivity contribution in [2.45, 2.75) is 27.7 Å². The second-order valence-corrected chi connectivity index (χ2v) is 23.9. The molecular weight excluding hydrogens is 1020 g/mol. The molecule has 0 radical (unpaired) electrons. The van der Waals surface area contributed by atoms with E-state index in [1.54, 1.807) is 14.2 Å².